The molecule has 0 saturated heterocycles. The van der Waals surface area contributed by atoms with Crippen molar-refractivity contribution in [2.24, 2.45) is 0 Å². The van der Waals surface area contributed by atoms with Crippen molar-refractivity contribution in [2.75, 3.05) is 17.1 Å². The van der Waals surface area contributed by atoms with Crippen molar-refractivity contribution >= 4 is 55.1 Å². The molecule has 0 aliphatic heterocycles. The summed E-state index contributed by atoms with van der Waals surface area (Å²) in [5.74, 6) is -0.483. The molecule has 220 valence electrons. The van der Waals surface area contributed by atoms with E-state index in [9.17, 15) is 18.0 Å². The normalized spacial score (nSPS) is 12.4. The van der Waals surface area contributed by atoms with E-state index in [1.807, 2.05) is 75.4 Å². The molecule has 0 aliphatic carbocycles. The molecule has 2 amide bonds. The van der Waals surface area contributed by atoms with Gasteiger partial charge in [0.15, 0.2) is 0 Å². The van der Waals surface area contributed by atoms with Gasteiger partial charge in [-0.25, -0.2) is 8.42 Å². The third-order valence-corrected chi connectivity index (χ3v) is 8.22. The maximum atomic E-state index is 13.9. The lowest BCUT2D eigenvalue weighted by molar-refractivity contribution is -0.142. The summed E-state index contributed by atoms with van der Waals surface area (Å²) < 4.78 is 27.3. The fourth-order valence-corrected chi connectivity index (χ4v) is 5.99. The summed E-state index contributed by atoms with van der Waals surface area (Å²) in [4.78, 5) is 29.2. The van der Waals surface area contributed by atoms with E-state index < -0.39 is 21.6 Å². The van der Waals surface area contributed by atoms with E-state index in [0.717, 1.165) is 21.9 Å². The Hall–Kier alpha value is -2.88. The molecule has 1 atom stereocenters. The number of sulfonamides is 1. The molecule has 0 spiro atoms. The number of halogens is 2. The van der Waals surface area contributed by atoms with Crippen LogP contribution in [0.4, 0.5) is 5.69 Å². The molecule has 0 saturated carbocycles. The average Bonchev–Trinajstić information content (AvgIpc) is 2.88. The number of nitrogens with one attached hydrogen (secondary N) is 1. The Kier molecular flexibility index (Phi) is 11.4. The summed E-state index contributed by atoms with van der Waals surface area (Å²) in [6.07, 6.45) is 1.79. The van der Waals surface area contributed by atoms with Crippen molar-refractivity contribution < 1.29 is 18.0 Å². The molecule has 3 rings (SSSR count). The molecule has 10 heteroatoms. The smallest absolute Gasteiger partial charge is 0.243 e. The Morgan fingerprint density at radius 1 is 0.951 bits per heavy atom. The summed E-state index contributed by atoms with van der Waals surface area (Å²) in [6, 6.07) is 23.0. The number of amides is 2. The van der Waals surface area contributed by atoms with E-state index in [-0.39, 0.29) is 37.7 Å². The van der Waals surface area contributed by atoms with Gasteiger partial charge in [-0.3, -0.25) is 13.9 Å². The van der Waals surface area contributed by atoms with Crippen LogP contribution >= 0.6 is 27.5 Å². The summed E-state index contributed by atoms with van der Waals surface area (Å²) in [5, 5.41) is 3.55. The average molecular weight is 663 g/mol. The minimum atomic E-state index is -3.60. The zero-order chi connectivity index (χ0) is 30.2. The van der Waals surface area contributed by atoms with Crippen molar-refractivity contribution in [3.8, 4) is 0 Å². The molecular formula is C31H37BrClN3O4S. The van der Waals surface area contributed by atoms with E-state index in [0.29, 0.717) is 17.1 Å². The standard InChI is InChI=1S/C31H37BrClN3O4S/c1-31(2,3)34-30(38)28(21-23-10-6-5-7-11-23)35(22-24-12-8-13-25(32)20-24)29(37)14-9-19-36(41(4,39)40)27-17-15-26(33)16-18-27/h5-8,10-13,15-18,20,28H,9,14,19,21-22H2,1-4H3,(H,34,38)/t28-/m1/s1. The Labute approximate surface area is 257 Å². The van der Waals surface area contributed by atoms with Crippen LogP contribution in [0.25, 0.3) is 0 Å². The number of anilines is 1. The van der Waals surface area contributed by atoms with Gasteiger partial charge in [-0.2, -0.15) is 0 Å². The lowest BCUT2D eigenvalue weighted by atomic mass is 10.00. The monoisotopic (exact) mass is 661 g/mol. The number of carbonyl (C=O) groups excluding carboxylic acids is 2. The van der Waals surface area contributed by atoms with Crippen molar-refractivity contribution in [3.63, 3.8) is 0 Å². The number of hydrogen-bond donors (Lipinski definition) is 1. The van der Waals surface area contributed by atoms with Gasteiger partial charge in [0.1, 0.15) is 6.04 Å². The molecule has 3 aromatic rings. The predicted molar refractivity (Wildman–Crippen MR) is 169 cm³/mol. The Morgan fingerprint density at radius 2 is 1.59 bits per heavy atom. The third-order valence-electron chi connectivity index (χ3n) is 6.28. The summed E-state index contributed by atoms with van der Waals surface area (Å²) in [5.41, 5.74) is 1.78. The first-order valence-electron chi connectivity index (χ1n) is 13.4. The predicted octanol–water partition coefficient (Wildman–Crippen LogP) is 6.20. The fourth-order valence-electron chi connectivity index (χ4n) is 4.45. The fraction of sp³-hybridized carbons (Fsp3) is 0.355. The first-order valence-corrected chi connectivity index (χ1v) is 16.4. The van der Waals surface area contributed by atoms with E-state index >= 15 is 0 Å². The van der Waals surface area contributed by atoms with Crippen LogP contribution in [-0.4, -0.2) is 49.5 Å². The third kappa shape index (κ3) is 10.5. The minimum absolute atomic E-state index is 0.0572. The second-order valence-corrected chi connectivity index (χ2v) is 14.3. The van der Waals surface area contributed by atoms with Crippen LogP contribution in [0.15, 0.2) is 83.3 Å². The molecule has 1 N–H and O–H groups in total. The van der Waals surface area contributed by atoms with Gasteiger partial charge in [0.2, 0.25) is 21.8 Å². The van der Waals surface area contributed by atoms with Crippen LogP contribution < -0.4 is 9.62 Å². The molecular weight excluding hydrogens is 626 g/mol. The molecule has 7 nitrogen and oxygen atoms in total. The van der Waals surface area contributed by atoms with Gasteiger partial charge >= 0.3 is 0 Å². The van der Waals surface area contributed by atoms with Gasteiger partial charge in [-0.05, 0) is 74.7 Å². The first-order chi connectivity index (χ1) is 19.2. The van der Waals surface area contributed by atoms with Crippen LogP contribution in [0, 0.1) is 0 Å². The highest BCUT2D eigenvalue weighted by Gasteiger charge is 2.32. The van der Waals surface area contributed by atoms with E-state index in [1.54, 1.807) is 29.2 Å². The molecule has 3 aromatic carbocycles. The number of benzene rings is 3. The second kappa shape index (κ2) is 14.3. The zero-order valence-electron chi connectivity index (χ0n) is 23.8. The zero-order valence-corrected chi connectivity index (χ0v) is 27.0. The Bertz CT molecular complexity index is 1430. The number of nitrogens with zero attached hydrogens (tertiary/aromatic N) is 2. The lowest BCUT2D eigenvalue weighted by Gasteiger charge is -2.34. The quantitative estimate of drug-likeness (QED) is 0.250. The maximum absolute atomic E-state index is 13.9. The largest absolute Gasteiger partial charge is 0.350 e. The second-order valence-electron chi connectivity index (χ2n) is 11.0. The molecule has 0 fully saturated rings. The summed E-state index contributed by atoms with van der Waals surface area (Å²) in [7, 11) is -3.60. The number of rotatable bonds is 12. The van der Waals surface area contributed by atoms with Crippen molar-refractivity contribution in [2.45, 2.75) is 58.2 Å². The number of carbonyl (C=O) groups is 2. The van der Waals surface area contributed by atoms with Gasteiger partial charge in [0.25, 0.3) is 0 Å². The van der Waals surface area contributed by atoms with Crippen molar-refractivity contribution in [1.29, 1.82) is 0 Å². The minimum Gasteiger partial charge on any atom is -0.350 e. The van der Waals surface area contributed by atoms with Crippen LogP contribution in [0.1, 0.15) is 44.7 Å². The topological polar surface area (TPSA) is 86.8 Å². The highest BCUT2D eigenvalue weighted by Crippen LogP contribution is 2.23. The Morgan fingerprint density at radius 3 is 2.17 bits per heavy atom. The molecule has 0 aromatic heterocycles. The van der Waals surface area contributed by atoms with Crippen LogP contribution in [-0.2, 0) is 32.6 Å². The van der Waals surface area contributed by atoms with Crippen molar-refractivity contribution in [1.82, 2.24) is 10.2 Å². The van der Waals surface area contributed by atoms with Crippen LogP contribution in [0.3, 0.4) is 0 Å². The SMILES string of the molecule is CC(C)(C)NC(=O)[C@@H](Cc1ccccc1)N(Cc1cccc(Br)c1)C(=O)CCCN(c1ccc(Cl)cc1)S(C)(=O)=O. The lowest BCUT2D eigenvalue weighted by Crippen LogP contribution is -2.54. The first kappa shape index (κ1) is 32.6. The van der Waals surface area contributed by atoms with Gasteiger partial charge < -0.3 is 10.2 Å². The molecule has 0 bridgehead atoms. The van der Waals surface area contributed by atoms with Crippen molar-refractivity contribution in [3.05, 3.63) is 99.5 Å². The summed E-state index contributed by atoms with van der Waals surface area (Å²) in [6.45, 7) is 6.04. The molecule has 0 heterocycles. The Balaban J connectivity index is 1.90. The van der Waals surface area contributed by atoms with Gasteiger partial charge in [0, 0.05) is 41.0 Å². The van der Waals surface area contributed by atoms with Crippen LogP contribution in [0.2, 0.25) is 5.02 Å². The number of hydrogen-bond acceptors (Lipinski definition) is 4. The summed E-state index contributed by atoms with van der Waals surface area (Å²) >= 11 is 9.49. The van der Waals surface area contributed by atoms with E-state index in [1.165, 1.54) is 4.31 Å². The maximum Gasteiger partial charge on any atom is 0.243 e. The highest BCUT2D eigenvalue weighted by atomic mass is 79.9. The highest BCUT2D eigenvalue weighted by molar-refractivity contribution is 9.10. The molecule has 0 radical (unpaired) electrons. The molecule has 0 unspecified atom stereocenters. The van der Waals surface area contributed by atoms with Gasteiger partial charge in [-0.15, -0.1) is 0 Å². The van der Waals surface area contributed by atoms with E-state index in [2.05, 4.69) is 21.2 Å². The molecule has 41 heavy (non-hydrogen) atoms. The molecule has 0 aliphatic rings. The van der Waals surface area contributed by atoms with Gasteiger partial charge in [-0.1, -0.05) is 70.0 Å². The van der Waals surface area contributed by atoms with E-state index in [4.69, 9.17) is 11.6 Å². The van der Waals surface area contributed by atoms with Crippen LogP contribution in [0.5, 0.6) is 0 Å². The van der Waals surface area contributed by atoms with Gasteiger partial charge in [0.05, 0.1) is 11.9 Å².